The predicted octanol–water partition coefficient (Wildman–Crippen LogP) is 5.05. The summed E-state index contributed by atoms with van der Waals surface area (Å²) in [6.07, 6.45) is 3.77. The molecule has 5 rings (SSSR count). The van der Waals surface area contributed by atoms with Gasteiger partial charge in [0, 0.05) is 43.0 Å². The second kappa shape index (κ2) is 9.76. The Bertz CT molecular complexity index is 1390. The molecule has 1 fully saturated rings. The normalized spacial score (nSPS) is 15.2. The highest BCUT2D eigenvalue weighted by Gasteiger charge is 2.22. The van der Waals surface area contributed by atoms with Crippen LogP contribution in [0.25, 0.3) is 10.9 Å². The molecule has 1 aromatic heterocycles. The third-order valence-corrected chi connectivity index (χ3v) is 6.39. The first kappa shape index (κ1) is 23.5. The van der Waals surface area contributed by atoms with Gasteiger partial charge < -0.3 is 19.9 Å². The molecule has 0 unspecified atom stereocenters. The molecule has 0 saturated carbocycles. The number of ether oxygens (including phenoxy) is 1. The van der Waals surface area contributed by atoms with Crippen LogP contribution in [0.3, 0.4) is 0 Å². The molecular formula is C27H25FN6O2. The number of allylic oxidation sites excluding steroid dienone is 1. The van der Waals surface area contributed by atoms with E-state index in [1.165, 1.54) is 6.33 Å². The highest BCUT2D eigenvalue weighted by atomic mass is 19.1. The van der Waals surface area contributed by atoms with Crippen molar-refractivity contribution in [2.75, 3.05) is 38.5 Å². The number of likely N-dealkylation sites (N-methyl/N-ethyl adjacent to an activating group) is 1. The van der Waals surface area contributed by atoms with E-state index in [1.54, 1.807) is 36.4 Å². The predicted molar refractivity (Wildman–Crippen MR) is 135 cm³/mol. The first-order valence-electron chi connectivity index (χ1n) is 11.7. The first-order valence-corrected chi connectivity index (χ1v) is 11.7. The molecule has 0 radical (unpaired) electrons. The number of anilines is 2. The van der Waals surface area contributed by atoms with E-state index >= 15 is 4.39 Å². The number of halogens is 1. The number of carbonyl (C=O) groups excluding carboxylic acids is 1. The van der Waals surface area contributed by atoms with Gasteiger partial charge in [-0.1, -0.05) is 17.7 Å². The van der Waals surface area contributed by atoms with Crippen molar-refractivity contribution in [1.29, 1.82) is 0 Å². The SMILES string of the molecule is [C-]#[N+]c1c(Nc2ccc(C(=O)N3CCN(C)CC3)cc2)ncnc1Oc1ccc2c(c1F)C=C(C)C2. The van der Waals surface area contributed by atoms with E-state index in [-0.39, 0.29) is 29.0 Å². The van der Waals surface area contributed by atoms with E-state index < -0.39 is 5.82 Å². The number of amides is 1. The van der Waals surface area contributed by atoms with E-state index in [1.807, 2.05) is 24.9 Å². The van der Waals surface area contributed by atoms with Crippen LogP contribution in [0.5, 0.6) is 11.6 Å². The summed E-state index contributed by atoms with van der Waals surface area (Å²) >= 11 is 0. The minimum atomic E-state index is -0.478. The minimum Gasteiger partial charge on any atom is -0.446 e. The average Bonchev–Trinajstić information content (AvgIpc) is 3.27. The number of nitrogens with zero attached hydrogens (tertiary/aromatic N) is 5. The molecular weight excluding hydrogens is 459 g/mol. The summed E-state index contributed by atoms with van der Waals surface area (Å²) in [4.78, 5) is 28.6. The number of rotatable bonds is 5. The van der Waals surface area contributed by atoms with E-state index in [0.717, 1.165) is 24.2 Å². The van der Waals surface area contributed by atoms with Crippen LogP contribution in [0.1, 0.15) is 28.4 Å². The monoisotopic (exact) mass is 484 g/mol. The van der Waals surface area contributed by atoms with Crippen LogP contribution < -0.4 is 10.1 Å². The van der Waals surface area contributed by atoms with Gasteiger partial charge in [-0.2, -0.15) is 0 Å². The fraction of sp³-hybridized carbons (Fsp3) is 0.259. The van der Waals surface area contributed by atoms with Crippen molar-refractivity contribution in [1.82, 2.24) is 19.8 Å². The maximum absolute atomic E-state index is 15.0. The third-order valence-electron chi connectivity index (χ3n) is 6.39. The average molecular weight is 485 g/mol. The zero-order valence-corrected chi connectivity index (χ0v) is 20.1. The second-order valence-corrected chi connectivity index (χ2v) is 9.01. The highest BCUT2D eigenvalue weighted by Crippen LogP contribution is 2.39. The molecule has 0 atom stereocenters. The molecule has 2 heterocycles. The highest BCUT2D eigenvalue weighted by molar-refractivity contribution is 5.94. The molecule has 0 spiro atoms. The van der Waals surface area contributed by atoms with Crippen molar-refractivity contribution in [2.24, 2.45) is 0 Å². The third kappa shape index (κ3) is 4.63. The van der Waals surface area contributed by atoms with Crippen LogP contribution in [-0.2, 0) is 6.42 Å². The van der Waals surface area contributed by atoms with Crippen LogP contribution in [0, 0.1) is 12.4 Å². The lowest BCUT2D eigenvalue weighted by molar-refractivity contribution is 0.0664. The summed E-state index contributed by atoms with van der Waals surface area (Å²) in [5.41, 5.74) is 3.76. The summed E-state index contributed by atoms with van der Waals surface area (Å²) in [7, 11) is 2.05. The molecule has 1 aliphatic carbocycles. The van der Waals surface area contributed by atoms with Crippen molar-refractivity contribution in [3.05, 3.63) is 82.2 Å². The molecule has 1 amide bonds. The Morgan fingerprint density at radius 1 is 1.11 bits per heavy atom. The molecule has 1 aliphatic heterocycles. The van der Waals surface area contributed by atoms with Crippen molar-refractivity contribution < 1.29 is 13.9 Å². The van der Waals surface area contributed by atoms with Crippen molar-refractivity contribution in [3.8, 4) is 11.6 Å². The van der Waals surface area contributed by atoms with E-state index in [0.29, 0.717) is 36.3 Å². The number of hydrogen-bond acceptors (Lipinski definition) is 6. The van der Waals surface area contributed by atoms with Gasteiger partial charge in [-0.25, -0.2) is 19.2 Å². The minimum absolute atomic E-state index is 0.000946. The van der Waals surface area contributed by atoms with Gasteiger partial charge >= 0.3 is 0 Å². The zero-order chi connectivity index (χ0) is 25.2. The van der Waals surface area contributed by atoms with Gasteiger partial charge in [0.15, 0.2) is 11.6 Å². The lowest BCUT2D eigenvalue weighted by Crippen LogP contribution is -2.47. The Morgan fingerprint density at radius 2 is 1.86 bits per heavy atom. The Morgan fingerprint density at radius 3 is 2.58 bits per heavy atom. The number of fused-ring (bicyclic) bond motifs is 1. The maximum Gasteiger partial charge on any atom is 0.288 e. The van der Waals surface area contributed by atoms with Crippen molar-refractivity contribution >= 4 is 29.2 Å². The molecule has 0 bridgehead atoms. The number of aromatic nitrogens is 2. The van der Waals surface area contributed by atoms with Crippen molar-refractivity contribution in [2.45, 2.75) is 13.3 Å². The standard InChI is InChI=1S/C27H25FN6O2/c1-17-14-19-6-9-22(23(28)21(19)15-17)36-26-24(29-2)25(30-16-31-26)32-20-7-4-18(5-8-20)27(35)34-12-10-33(3)11-13-34/h4-9,15-16H,10-14H2,1,3H3,(H,30,31,32). The lowest BCUT2D eigenvalue weighted by atomic mass is 10.1. The molecule has 3 aromatic rings. The Kier molecular flexibility index (Phi) is 6.36. The fourth-order valence-electron chi connectivity index (χ4n) is 4.36. The van der Waals surface area contributed by atoms with E-state index in [2.05, 4.69) is 25.0 Å². The number of nitrogens with one attached hydrogen (secondary N) is 1. The van der Waals surface area contributed by atoms with Gasteiger partial charge in [-0.15, -0.1) is 0 Å². The molecule has 1 N–H and O–H groups in total. The number of benzene rings is 2. The van der Waals surface area contributed by atoms with Crippen LogP contribution >= 0.6 is 0 Å². The summed E-state index contributed by atoms with van der Waals surface area (Å²) in [6.45, 7) is 12.7. The Balaban J connectivity index is 1.33. The summed E-state index contributed by atoms with van der Waals surface area (Å²) in [5, 5.41) is 3.08. The summed E-state index contributed by atoms with van der Waals surface area (Å²) in [5.74, 6) is -0.293. The first-order chi connectivity index (χ1) is 17.4. The van der Waals surface area contributed by atoms with Gasteiger partial charge in [0.2, 0.25) is 5.88 Å². The van der Waals surface area contributed by atoms with Gasteiger partial charge in [0.1, 0.15) is 12.1 Å². The van der Waals surface area contributed by atoms with Crippen LogP contribution in [0.15, 0.2) is 48.3 Å². The number of piperazine rings is 1. The van der Waals surface area contributed by atoms with Crippen LogP contribution in [0.2, 0.25) is 0 Å². The van der Waals surface area contributed by atoms with Gasteiger partial charge in [-0.3, -0.25) is 4.79 Å². The van der Waals surface area contributed by atoms with Crippen molar-refractivity contribution in [3.63, 3.8) is 0 Å². The Labute approximate surface area is 208 Å². The second-order valence-electron chi connectivity index (χ2n) is 9.01. The molecule has 9 heteroatoms. The number of carbonyl (C=O) groups is 1. The summed E-state index contributed by atoms with van der Waals surface area (Å²) in [6, 6.07) is 10.4. The van der Waals surface area contributed by atoms with E-state index in [9.17, 15) is 4.79 Å². The zero-order valence-electron chi connectivity index (χ0n) is 20.1. The smallest absolute Gasteiger partial charge is 0.288 e. The van der Waals surface area contributed by atoms with Gasteiger partial charge in [0.25, 0.3) is 11.6 Å². The van der Waals surface area contributed by atoms with Crippen LogP contribution in [0.4, 0.5) is 21.6 Å². The molecule has 8 nitrogen and oxygen atoms in total. The number of hydrogen-bond donors (Lipinski definition) is 1. The Hall–Kier alpha value is -4.29. The maximum atomic E-state index is 15.0. The topological polar surface area (TPSA) is 75.0 Å². The van der Waals surface area contributed by atoms with Gasteiger partial charge in [0.05, 0.1) is 6.57 Å². The molecule has 2 aliphatic rings. The molecule has 36 heavy (non-hydrogen) atoms. The fourth-order valence-corrected chi connectivity index (χ4v) is 4.36. The van der Waals surface area contributed by atoms with Gasteiger partial charge in [-0.05, 0) is 56.3 Å². The van der Waals surface area contributed by atoms with Crippen LogP contribution in [-0.4, -0.2) is 58.9 Å². The molecule has 2 aromatic carbocycles. The summed E-state index contributed by atoms with van der Waals surface area (Å²) < 4.78 is 20.8. The van der Waals surface area contributed by atoms with E-state index in [4.69, 9.17) is 11.3 Å². The largest absolute Gasteiger partial charge is 0.446 e. The quantitative estimate of drug-likeness (QED) is 0.511. The lowest BCUT2D eigenvalue weighted by Gasteiger charge is -2.32. The molecule has 1 saturated heterocycles. The molecule has 182 valence electrons.